The molecule has 0 bridgehead atoms. The lowest BCUT2D eigenvalue weighted by molar-refractivity contribution is 0.246. The summed E-state index contributed by atoms with van der Waals surface area (Å²) in [6.07, 6.45) is 9.80. The highest BCUT2D eigenvalue weighted by atomic mass is 16.2. The van der Waals surface area contributed by atoms with E-state index in [2.05, 4.69) is 47.9 Å². The van der Waals surface area contributed by atoms with E-state index in [1.54, 1.807) is 0 Å². The summed E-state index contributed by atoms with van der Waals surface area (Å²) in [5, 5.41) is 9.78. The van der Waals surface area contributed by atoms with Crippen molar-refractivity contribution in [2.75, 3.05) is 36.2 Å². The molecule has 1 saturated carbocycles. The topological polar surface area (TPSA) is 82.2 Å². The van der Waals surface area contributed by atoms with Crippen LogP contribution in [0.5, 0.6) is 0 Å². The molecule has 2 aliphatic carbocycles. The number of amides is 2. The zero-order valence-electron chi connectivity index (χ0n) is 21.2. The molecular formula is C27H40N6O. The number of nitrogens with zero attached hydrogens (tertiary/aromatic N) is 3. The molecule has 0 atom stereocenters. The van der Waals surface area contributed by atoms with Gasteiger partial charge in [0.2, 0.25) is 5.95 Å². The first-order chi connectivity index (χ1) is 16.4. The summed E-state index contributed by atoms with van der Waals surface area (Å²) < 4.78 is 0. The Balaban J connectivity index is 1.27. The second-order valence-electron chi connectivity index (χ2n) is 10.1. The smallest absolute Gasteiger partial charge is 0.319 e. The molecule has 2 amide bonds. The highest BCUT2D eigenvalue weighted by molar-refractivity contribution is 5.91. The Morgan fingerprint density at radius 3 is 2.59 bits per heavy atom. The monoisotopic (exact) mass is 464 g/mol. The summed E-state index contributed by atoms with van der Waals surface area (Å²) in [4.78, 5) is 24.4. The van der Waals surface area contributed by atoms with Crippen LogP contribution >= 0.6 is 0 Å². The molecule has 1 aromatic heterocycles. The van der Waals surface area contributed by atoms with Gasteiger partial charge in [0, 0.05) is 37.9 Å². The van der Waals surface area contributed by atoms with E-state index in [1.165, 1.54) is 29.7 Å². The van der Waals surface area contributed by atoms with Crippen LogP contribution in [0.3, 0.4) is 0 Å². The molecule has 2 aromatic rings. The van der Waals surface area contributed by atoms with Gasteiger partial charge in [-0.25, -0.2) is 9.78 Å². The molecule has 7 nitrogen and oxygen atoms in total. The molecule has 2 aliphatic rings. The van der Waals surface area contributed by atoms with E-state index in [0.717, 1.165) is 68.0 Å². The maximum atomic E-state index is 12.5. The quantitative estimate of drug-likeness (QED) is 0.532. The Kier molecular flexibility index (Phi) is 7.91. The number of aryl methyl sites for hydroxylation is 3. The Labute approximate surface area is 204 Å². The molecule has 0 spiro atoms. The minimum absolute atomic E-state index is 0.108. The van der Waals surface area contributed by atoms with Gasteiger partial charge in [-0.1, -0.05) is 25.1 Å². The number of para-hydroxylation sites is 1. The third-order valence-electron chi connectivity index (χ3n) is 7.29. The third kappa shape index (κ3) is 5.80. The fourth-order valence-electron chi connectivity index (χ4n) is 5.30. The minimum atomic E-state index is -0.108. The number of rotatable bonds is 7. The van der Waals surface area contributed by atoms with Gasteiger partial charge >= 0.3 is 6.03 Å². The largest absolute Gasteiger partial charge is 0.362 e. The van der Waals surface area contributed by atoms with E-state index >= 15 is 0 Å². The van der Waals surface area contributed by atoms with Crippen molar-refractivity contribution in [3.63, 3.8) is 0 Å². The van der Waals surface area contributed by atoms with Crippen molar-refractivity contribution in [2.24, 2.45) is 5.92 Å². The zero-order chi connectivity index (χ0) is 24.1. The Bertz CT molecular complexity index is 997. The molecule has 184 valence electrons. The molecule has 3 N–H and O–H groups in total. The van der Waals surface area contributed by atoms with Crippen molar-refractivity contribution in [2.45, 2.75) is 77.7 Å². The lowest BCUT2D eigenvalue weighted by Gasteiger charge is -2.30. The molecule has 1 aromatic carbocycles. The fraction of sp³-hybridized carbons (Fsp3) is 0.593. The number of urea groups is 1. The first kappa shape index (κ1) is 24.3. The van der Waals surface area contributed by atoms with Gasteiger partial charge in [0.05, 0.1) is 5.69 Å². The Hall–Kier alpha value is -2.83. The van der Waals surface area contributed by atoms with Crippen molar-refractivity contribution < 1.29 is 4.79 Å². The van der Waals surface area contributed by atoms with Crippen molar-refractivity contribution in [3.8, 4) is 0 Å². The van der Waals surface area contributed by atoms with Gasteiger partial charge in [-0.15, -0.1) is 0 Å². The molecule has 0 aliphatic heterocycles. The summed E-state index contributed by atoms with van der Waals surface area (Å²) in [6.45, 7) is 4.86. The van der Waals surface area contributed by atoms with Gasteiger partial charge in [0.15, 0.2) is 0 Å². The number of carbonyl (C=O) groups is 1. The average Bonchev–Trinajstić information content (AvgIpc) is 2.84. The lowest BCUT2D eigenvalue weighted by Crippen LogP contribution is -2.36. The maximum absolute atomic E-state index is 12.5. The van der Waals surface area contributed by atoms with Crippen LogP contribution in [0.1, 0.15) is 67.8 Å². The van der Waals surface area contributed by atoms with E-state index in [9.17, 15) is 4.79 Å². The third-order valence-corrected chi connectivity index (χ3v) is 7.29. The van der Waals surface area contributed by atoms with Crippen LogP contribution in [0, 0.1) is 12.8 Å². The van der Waals surface area contributed by atoms with Gasteiger partial charge < -0.3 is 20.9 Å². The van der Waals surface area contributed by atoms with Crippen molar-refractivity contribution >= 4 is 23.5 Å². The molecular weight excluding hydrogens is 424 g/mol. The van der Waals surface area contributed by atoms with E-state index < -0.39 is 0 Å². The highest BCUT2D eigenvalue weighted by Crippen LogP contribution is 2.30. The SMILES string of the molecule is CCc1cccc(C)c1NC(=O)NC[C@H]1CC[C@@H](Nc2nc3c(c(N(C)C)n2)CCCC3)CC1. The van der Waals surface area contributed by atoms with Gasteiger partial charge in [-0.3, -0.25) is 0 Å². The van der Waals surface area contributed by atoms with Gasteiger partial charge in [0.25, 0.3) is 0 Å². The summed E-state index contributed by atoms with van der Waals surface area (Å²) in [7, 11) is 4.13. The van der Waals surface area contributed by atoms with Crippen molar-refractivity contribution in [3.05, 3.63) is 40.6 Å². The predicted octanol–water partition coefficient (Wildman–Crippen LogP) is 5.08. The molecule has 7 heteroatoms. The first-order valence-electron chi connectivity index (χ1n) is 12.9. The number of carbonyl (C=O) groups excluding carboxylic acids is 1. The fourth-order valence-corrected chi connectivity index (χ4v) is 5.30. The van der Waals surface area contributed by atoms with Crippen LogP contribution in [-0.2, 0) is 19.3 Å². The van der Waals surface area contributed by atoms with E-state index in [-0.39, 0.29) is 6.03 Å². The summed E-state index contributed by atoms with van der Waals surface area (Å²) >= 11 is 0. The minimum Gasteiger partial charge on any atom is -0.362 e. The first-order valence-corrected chi connectivity index (χ1v) is 12.9. The normalized spacial score (nSPS) is 19.8. The van der Waals surface area contributed by atoms with Crippen LogP contribution in [0.4, 0.5) is 22.2 Å². The van der Waals surface area contributed by atoms with Crippen LogP contribution in [0.2, 0.25) is 0 Å². The standard InChI is InChI=1S/C27H40N6O/c1-5-20-10-8-9-18(2)24(20)31-27(34)28-17-19-13-15-21(16-14-19)29-26-30-23-12-7-6-11-22(23)25(32-26)33(3)4/h8-10,19,21H,5-7,11-17H2,1-4H3,(H2,28,31,34)(H,29,30,32)/t19-,21+. The number of hydrogen-bond donors (Lipinski definition) is 3. The Morgan fingerprint density at radius 2 is 1.85 bits per heavy atom. The number of benzene rings is 1. The second-order valence-corrected chi connectivity index (χ2v) is 10.1. The lowest BCUT2D eigenvalue weighted by atomic mass is 9.86. The molecule has 0 radical (unpaired) electrons. The van der Waals surface area contributed by atoms with Crippen LogP contribution in [0.25, 0.3) is 0 Å². The number of hydrogen-bond acceptors (Lipinski definition) is 5. The van der Waals surface area contributed by atoms with Gasteiger partial charge in [-0.05, 0) is 81.8 Å². The van der Waals surface area contributed by atoms with E-state index in [4.69, 9.17) is 9.97 Å². The number of nitrogens with one attached hydrogen (secondary N) is 3. The summed E-state index contributed by atoms with van der Waals surface area (Å²) in [6, 6.07) is 6.44. The highest BCUT2D eigenvalue weighted by Gasteiger charge is 2.24. The van der Waals surface area contributed by atoms with E-state index in [0.29, 0.717) is 18.5 Å². The van der Waals surface area contributed by atoms with Crippen molar-refractivity contribution in [1.29, 1.82) is 0 Å². The van der Waals surface area contributed by atoms with Crippen LogP contribution in [-0.4, -0.2) is 42.7 Å². The molecule has 0 unspecified atom stereocenters. The molecule has 1 heterocycles. The maximum Gasteiger partial charge on any atom is 0.319 e. The molecule has 34 heavy (non-hydrogen) atoms. The number of anilines is 3. The Morgan fingerprint density at radius 1 is 1.09 bits per heavy atom. The summed E-state index contributed by atoms with van der Waals surface area (Å²) in [5.41, 5.74) is 5.76. The number of fused-ring (bicyclic) bond motifs is 1. The van der Waals surface area contributed by atoms with Gasteiger partial charge in [0.1, 0.15) is 5.82 Å². The zero-order valence-corrected chi connectivity index (χ0v) is 21.2. The van der Waals surface area contributed by atoms with E-state index in [1.807, 2.05) is 19.1 Å². The average molecular weight is 465 g/mol. The van der Waals surface area contributed by atoms with Crippen molar-refractivity contribution in [1.82, 2.24) is 15.3 Å². The molecule has 4 rings (SSSR count). The predicted molar refractivity (Wildman–Crippen MR) is 140 cm³/mol. The summed E-state index contributed by atoms with van der Waals surface area (Å²) in [5.74, 6) is 2.35. The number of aromatic nitrogens is 2. The second kappa shape index (κ2) is 11.1. The van der Waals surface area contributed by atoms with Crippen LogP contribution in [0.15, 0.2) is 18.2 Å². The molecule has 1 fully saturated rings. The molecule has 0 saturated heterocycles. The van der Waals surface area contributed by atoms with Crippen LogP contribution < -0.4 is 20.9 Å². The van der Waals surface area contributed by atoms with Gasteiger partial charge in [-0.2, -0.15) is 4.98 Å².